The lowest BCUT2D eigenvalue weighted by atomic mass is 10.1. The topological polar surface area (TPSA) is 71.4 Å². The van der Waals surface area contributed by atoms with E-state index in [2.05, 4.69) is 6.58 Å². The molecule has 0 aliphatic carbocycles. The average molecular weight is 268 g/mol. The molecular formula is C13H16O4S. The summed E-state index contributed by atoms with van der Waals surface area (Å²) in [5, 5.41) is 8.87. The van der Waals surface area contributed by atoms with Gasteiger partial charge in [-0.2, -0.15) is 0 Å². The van der Waals surface area contributed by atoms with Gasteiger partial charge in [-0.05, 0) is 19.4 Å². The highest BCUT2D eigenvalue weighted by atomic mass is 32.2. The first-order chi connectivity index (χ1) is 8.36. The molecule has 0 fully saturated rings. The number of hydrogen-bond acceptors (Lipinski definition) is 3. The minimum Gasteiger partial charge on any atom is -0.478 e. The molecule has 0 unspecified atom stereocenters. The van der Waals surface area contributed by atoms with E-state index < -0.39 is 15.8 Å². The van der Waals surface area contributed by atoms with E-state index in [9.17, 15) is 13.2 Å². The molecule has 0 aromatic carbocycles. The molecule has 1 N–H and O–H groups in total. The number of carboxylic acids is 1. The molecule has 0 spiro atoms. The van der Waals surface area contributed by atoms with Crippen LogP contribution in [0.4, 0.5) is 0 Å². The first-order valence-corrected chi connectivity index (χ1v) is 7.17. The Morgan fingerprint density at radius 2 is 2.17 bits per heavy atom. The standard InChI is InChI=1S/C13H16O4S/c1-3-10(2)4-6-12-7-5-11(13(14)15)8-9-18(12,16)17/h3-6H,1,7-9H2,2H3,(H,14,15)/b10-4-,12-6+. The van der Waals surface area contributed by atoms with Crippen molar-refractivity contribution in [1.29, 1.82) is 0 Å². The van der Waals surface area contributed by atoms with Crippen LogP contribution in [0.15, 0.2) is 46.9 Å². The fraction of sp³-hybridized carbons (Fsp3) is 0.308. The minimum atomic E-state index is -3.36. The van der Waals surface area contributed by atoms with E-state index in [1.165, 1.54) is 12.2 Å². The Hall–Kier alpha value is -1.62. The second kappa shape index (κ2) is 5.82. The molecule has 0 aromatic rings. The third-order valence-electron chi connectivity index (χ3n) is 2.72. The monoisotopic (exact) mass is 268 g/mol. The van der Waals surface area contributed by atoms with Crippen molar-refractivity contribution in [1.82, 2.24) is 0 Å². The number of hydrogen-bond donors (Lipinski definition) is 1. The Kier molecular flexibility index (Phi) is 4.67. The lowest BCUT2D eigenvalue weighted by molar-refractivity contribution is -0.132. The second-order valence-corrected chi connectivity index (χ2v) is 6.22. The van der Waals surface area contributed by atoms with Crippen LogP contribution in [-0.4, -0.2) is 25.2 Å². The van der Waals surface area contributed by atoms with Crippen LogP contribution in [-0.2, 0) is 14.6 Å². The SMILES string of the molecule is C=C/C(C)=C\C=C1/CC=C(C(=O)O)CCS1(=O)=O. The van der Waals surface area contributed by atoms with E-state index in [0.717, 1.165) is 5.57 Å². The number of carbonyl (C=O) groups is 1. The molecular weight excluding hydrogens is 252 g/mol. The van der Waals surface area contributed by atoms with Gasteiger partial charge in [-0.25, -0.2) is 13.2 Å². The maximum atomic E-state index is 11.9. The van der Waals surface area contributed by atoms with Gasteiger partial charge in [0.05, 0.1) is 5.75 Å². The van der Waals surface area contributed by atoms with Gasteiger partial charge in [-0.1, -0.05) is 30.4 Å². The summed E-state index contributed by atoms with van der Waals surface area (Å²) >= 11 is 0. The van der Waals surface area contributed by atoms with Crippen LogP contribution >= 0.6 is 0 Å². The van der Waals surface area contributed by atoms with E-state index in [1.54, 1.807) is 12.2 Å². The molecule has 4 nitrogen and oxygen atoms in total. The highest BCUT2D eigenvalue weighted by Gasteiger charge is 2.22. The van der Waals surface area contributed by atoms with E-state index in [1.807, 2.05) is 6.92 Å². The van der Waals surface area contributed by atoms with Crippen LogP contribution in [0.5, 0.6) is 0 Å². The number of sulfone groups is 1. The summed E-state index contributed by atoms with van der Waals surface area (Å²) in [5.74, 6) is -1.21. The summed E-state index contributed by atoms with van der Waals surface area (Å²) in [6.45, 7) is 5.39. The summed E-state index contributed by atoms with van der Waals surface area (Å²) in [6, 6.07) is 0. The van der Waals surface area contributed by atoms with Crippen LogP contribution < -0.4 is 0 Å². The smallest absolute Gasteiger partial charge is 0.331 e. The van der Waals surface area contributed by atoms with Crippen molar-refractivity contribution in [3.05, 3.63) is 46.9 Å². The quantitative estimate of drug-likeness (QED) is 0.797. The lowest BCUT2D eigenvalue weighted by Gasteiger charge is -2.02. The first kappa shape index (κ1) is 14.4. The summed E-state index contributed by atoms with van der Waals surface area (Å²) in [6.07, 6.45) is 6.46. The number of carboxylic acid groups (broad SMARTS) is 1. The molecule has 1 rings (SSSR count). The van der Waals surface area contributed by atoms with Gasteiger partial charge in [0.1, 0.15) is 0 Å². The second-order valence-electron chi connectivity index (χ2n) is 4.06. The van der Waals surface area contributed by atoms with E-state index in [4.69, 9.17) is 5.11 Å². The van der Waals surface area contributed by atoms with Crippen molar-refractivity contribution in [3.63, 3.8) is 0 Å². The molecule has 18 heavy (non-hydrogen) atoms. The fourth-order valence-electron chi connectivity index (χ4n) is 1.49. The van der Waals surface area contributed by atoms with Crippen molar-refractivity contribution in [2.75, 3.05) is 5.75 Å². The Bertz CT molecular complexity index is 548. The molecule has 0 saturated carbocycles. The van der Waals surface area contributed by atoms with Crippen molar-refractivity contribution in [2.45, 2.75) is 19.8 Å². The molecule has 1 heterocycles. The molecule has 1 aliphatic rings. The van der Waals surface area contributed by atoms with E-state index in [-0.39, 0.29) is 29.1 Å². The maximum Gasteiger partial charge on any atom is 0.331 e. The van der Waals surface area contributed by atoms with Gasteiger partial charge in [-0.15, -0.1) is 0 Å². The van der Waals surface area contributed by atoms with Gasteiger partial charge in [0.15, 0.2) is 9.84 Å². The first-order valence-electron chi connectivity index (χ1n) is 5.52. The van der Waals surface area contributed by atoms with E-state index >= 15 is 0 Å². The van der Waals surface area contributed by atoms with Crippen LogP contribution in [0.2, 0.25) is 0 Å². The summed E-state index contributed by atoms with van der Waals surface area (Å²) in [4.78, 5) is 11.1. The summed E-state index contributed by atoms with van der Waals surface area (Å²) in [7, 11) is -3.36. The number of rotatable bonds is 3. The van der Waals surface area contributed by atoms with E-state index in [0.29, 0.717) is 0 Å². The maximum absolute atomic E-state index is 11.9. The molecule has 0 radical (unpaired) electrons. The zero-order chi connectivity index (χ0) is 13.8. The van der Waals surface area contributed by atoms with Gasteiger partial charge in [0, 0.05) is 16.9 Å². The predicted octanol–water partition coefficient (Wildman–Crippen LogP) is 2.22. The summed E-state index contributed by atoms with van der Waals surface area (Å²) in [5.41, 5.74) is 1.01. The van der Waals surface area contributed by atoms with Gasteiger partial charge in [-0.3, -0.25) is 0 Å². The minimum absolute atomic E-state index is 0.0547. The van der Waals surface area contributed by atoms with Crippen LogP contribution in [0, 0.1) is 0 Å². The van der Waals surface area contributed by atoms with Crippen LogP contribution in [0.1, 0.15) is 19.8 Å². The van der Waals surface area contributed by atoms with Gasteiger partial charge in [0.25, 0.3) is 0 Å². The molecule has 0 amide bonds. The Balaban J connectivity index is 3.10. The highest BCUT2D eigenvalue weighted by molar-refractivity contribution is 7.95. The van der Waals surface area contributed by atoms with Crippen molar-refractivity contribution in [2.24, 2.45) is 0 Å². The molecule has 0 atom stereocenters. The Labute approximate surface area is 107 Å². The fourth-order valence-corrected chi connectivity index (χ4v) is 2.85. The average Bonchev–Trinajstić information content (AvgIpc) is 2.45. The molecule has 1 aliphatic heterocycles. The van der Waals surface area contributed by atoms with Crippen molar-refractivity contribution in [3.8, 4) is 0 Å². The molecule has 0 bridgehead atoms. The Morgan fingerprint density at radius 3 is 2.72 bits per heavy atom. The van der Waals surface area contributed by atoms with Crippen molar-refractivity contribution < 1.29 is 18.3 Å². The normalized spacial score (nSPS) is 22.2. The number of allylic oxidation sites excluding steroid dienone is 6. The van der Waals surface area contributed by atoms with Gasteiger partial charge >= 0.3 is 5.97 Å². The van der Waals surface area contributed by atoms with Gasteiger partial charge < -0.3 is 5.11 Å². The lowest BCUT2D eigenvalue weighted by Crippen LogP contribution is -2.09. The third-order valence-corrected chi connectivity index (χ3v) is 4.56. The van der Waals surface area contributed by atoms with Crippen LogP contribution in [0.25, 0.3) is 0 Å². The van der Waals surface area contributed by atoms with Crippen molar-refractivity contribution >= 4 is 15.8 Å². The third kappa shape index (κ3) is 3.70. The predicted molar refractivity (Wildman–Crippen MR) is 70.8 cm³/mol. The van der Waals surface area contributed by atoms with Crippen LogP contribution in [0.3, 0.4) is 0 Å². The molecule has 0 aromatic heterocycles. The zero-order valence-electron chi connectivity index (χ0n) is 10.2. The molecule has 0 saturated heterocycles. The summed E-state index contributed by atoms with van der Waals surface area (Å²) < 4.78 is 23.8. The highest BCUT2D eigenvalue weighted by Crippen LogP contribution is 2.22. The number of aliphatic carboxylic acids is 1. The zero-order valence-corrected chi connectivity index (χ0v) is 11.0. The molecule has 98 valence electrons. The Morgan fingerprint density at radius 1 is 1.50 bits per heavy atom. The largest absolute Gasteiger partial charge is 0.478 e. The van der Waals surface area contributed by atoms with Gasteiger partial charge in [0.2, 0.25) is 0 Å². The molecule has 5 heteroatoms.